The van der Waals surface area contributed by atoms with Crippen LogP contribution in [-0.2, 0) is 14.4 Å². The molecule has 2 amide bonds. The summed E-state index contributed by atoms with van der Waals surface area (Å²) in [5, 5.41) is 23.6. The van der Waals surface area contributed by atoms with E-state index in [9.17, 15) is 29.8 Å². The standard InChI is InChI=1S/C24H18N4O7/c1-14-4-2-3-5-19(14)26-21(15-6-8-17(9-7-15)27(31)32)20-22(35-26)24(30)25(23(20)29)16-10-12-18(13-11-16)28(33)34/h2-13,20-22H,1H3. The molecule has 2 fully saturated rings. The van der Waals surface area contributed by atoms with Gasteiger partial charge in [-0.05, 0) is 36.2 Å². The number of carbonyl (C=O) groups excluding carboxylic acids is 2. The van der Waals surface area contributed by atoms with Gasteiger partial charge in [0.05, 0.1) is 27.3 Å². The van der Waals surface area contributed by atoms with Gasteiger partial charge in [-0.25, -0.2) is 9.96 Å². The first kappa shape index (κ1) is 22.2. The Bertz CT molecular complexity index is 1360. The van der Waals surface area contributed by atoms with Crippen LogP contribution in [0.4, 0.5) is 22.7 Å². The van der Waals surface area contributed by atoms with Crippen molar-refractivity contribution >= 4 is 34.6 Å². The van der Waals surface area contributed by atoms with E-state index < -0.39 is 39.7 Å². The van der Waals surface area contributed by atoms with Gasteiger partial charge in [0, 0.05) is 24.3 Å². The predicted molar refractivity (Wildman–Crippen MR) is 123 cm³/mol. The summed E-state index contributed by atoms with van der Waals surface area (Å²) in [5.41, 5.74) is 2.01. The van der Waals surface area contributed by atoms with Crippen molar-refractivity contribution in [1.82, 2.24) is 0 Å². The average Bonchev–Trinajstić information content (AvgIpc) is 3.35. The van der Waals surface area contributed by atoms with Crippen LogP contribution in [-0.4, -0.2) is 27.8 Å². The number of carbonyl (C=O) groups is 2. The molecule has 3 aromatic rings. The fraction of sp³-hybridized carbons (Fsp3) is 0.167. The quantitative estimate of drug-likeness (QED) is 0.309. The van der Waals surface area contributed by atoms with Crippen molar-refractivity contribution in [3.05, 3.63) is 104 Å². The molecule has 2 aliphatic heterocycles. The van der Waals surface area contributed by atoms with Crippen LogP contribution in [0.15, 0.2) is 72.8 Å². The fourth-order valence-electron chi connectivity index (χ4n) is 4.54. The Hall–Kier alpha value is -4.64. The van der Waals surface area contributed by atoms with Gasteiger partial charge in [0.1, 0.15) is 5.92 Å². The highest BCUT2D eigenvalue weighted by Gasteiger charge is 2.60. The van der Waals surface area contributed by atoms with Crippen LogP contribution >= 0.6 is 0 Å². The Kier molecular flexibility index (Phi) is 5.25. The zero-order valence-corrected chi connectivity index (χ0v) is 18.3. The van der Waals surface area contributed by atoms with Gasteiger partial charge in [-0.3, -0.25) is 34.7 Å². The number of nitro benzene ring substituents is 2. The van der Waals surface area contributed by atoms with Gasteiger partial charge in [-0.2, -0.15) is 0 Å². The summed E-state index contributed by atoms with van der Waals surface area (Å²) in [7, 11) is 0. The Morgan fingerprint density at radius 1 is 0.800 bits per heavy atom. The topological polar surface area (TPSA) is 136 Å². The summed E-state index contributed by atoms with van der Waals surface area (Å²) in [6, 6.07) is 17.5. The van der Waals surface area contributed by atoms with Crippen molar-refractivity contribution in [2.45, 2.75) is 19.1 Å². The lowest BCUT2D eigenvalue weighted by Gasteiger charge is -2.29. The van der Waals surface area contributed by atoms with E-state index in [0.717, 1.165) is 10.5 Å². The van der Waals surface area contributed by atoms with Crippen molar-refractivity contribution in [2.75, 3.05) is 9.96 Å². The van der Waals surface area contributed by atoms with E-state index in [-0.39, 0.29) is 17.1 Å². The van der Waals surface area contributed by atoms with Crippen LogP contribution < -0.4 is 9.96 Å². The molecule has 11 heteroatoms. The lowest BCUT2D eigenvalue weighted by molar-refractivity contribution is -0.385. The number of anilines is 2. The van der Waals surface area contributed by atoms with Gasteiger partial charge in [-0.15, -0.1) is 0 Å². The van der Waals surface area contributed by atoms with Crippen molar-refractivity contribution in [3.8, 4) is 0 Å². The first-order valence-electron chi connectivity index (χ1n) is 10.7. The van der Waals surface area contributed by atoms with Gasteiger partial charge in [0.2, 0.25) is 5.91 Å². The smallest absolute Gasteiger partial charge is 0.269 e. The molecule has 0 aromatic heterocycles. The summed E-state index contributed by atoms with van der Waals surface area (Å²) < 4.78 is 0. The lowest BCUT2D eigenvalue weighted by atomic mass is 9.90. The number of benzene rings is 3. The van der Waals surface area contributed by atoms with E-state index in [1.54, 1.807) is 24.3 Å². The summed E-state index contributed by atoms with van der Waals surface area (Å²) in [5.74, 6) is -2.04. The van der Waals surface area contributed by atoms with Crippen LogP contribution in [0.5, 0.6) is 0 Å². The molecule has 5 rings (SSSR count). The van der Waals surface area contributed by atoms with E-state index in [1.807, 2.05) is 19.1 Å². The van der Waals surface area contributed by atoms with Crippen LogP contribution in [0.3, 0.4) is 0 Å². The number of para-hydroxylation sites is 1. The molecular weight excluding hydrogens is 456 g/mol. The van der Waals surface area contributed by atoms with Gasteiger partial charge >= 0.3 is 0 Å². The van der Waals surface area contributed by atoms with Crippen molar-refractivity contribution in [1.29, 1.82) is 0 Å². The molecule has 176 valence electrons. The maximum atomic E-state index is 13.6. The maximum absolute atomic E-state index is 13.6. The Labute approximate surface area is 198 Å². The highest BCUT2D eigenvalue weighted by atomic mass is 16.7. The molecule has 3 unspecified atom stereocenters. The minimum Gasteiger partial charge on any atom is -0.273 e. The van der Waals surface area contributed by atoms with Crippen molar-refractivity contribution in [3.63, 3.8) is 0 Å². The molecule has 35 heavy (non-hydrogen) atoms. The van der Waals surface area contributed by atoms with Gasteiger partial charge in [-0.1, -0.05) is 30.3 Å². The molecule has 0 spiro atoms. The molecule has 2 saturated heterocycles. The number of imide groups is 1. The highest BCUT2D eigenvalue weighted by Crippen LogP contribution is 2.48. The number of nitro groups is 2. The van der Waals surface area contributed by atoms with Crippen LogP contribution in [0.25, 0.3) is 0 Å². The third-order valence-electron chi connectivity index (χ3n) is 6.23. The van der Waals surface area contributed by atoms with Crippen molar-refractivity contribution < 1.29 is 24.3 Å². The Morgan fingerprint density at radius 3 is 1.94 bits per heavy atom. The molecular formula is C24H18N4O7. The molecule has 2 heterocycles. The maximum Gasteiger partial charge on any atom is 0.269 e. The number of hydrogen-bond acceptors (Lipinski definition) is 8. The fourth-order valence-corrected chi connectivity index (χ4v) is 4.54. The monoisotopic (exact) mass is 474 g/mol. The van der Waals surface area contributed by atoms with Gasteiger partial charge in [0.15, 0.2) is 6.10 Å². The lowest BCUT2D eigenvalue weighted by Crippen LogP contribution is -2.37. The number of rotatable bonds is 5. The second-order valence-corrected chi connectivity index (χ2v) is 8.24. The number of fused-ring (bicyclic) bond motifs is 1. The summed E-state index contributed by atoms with van der Waals surface area (Å²) in [4.78, 5) is 55.0. The largest absolute Gasteiger partial charge is 0.273 e. The summed E-state index contributed by atoms with van der Waals surface area (Å²) in [6.07, 6.45) is -1.13. The zero-order chi connectivity index (χ0) is 24.9. The predicted octanol–water partition coefficient (Wildman–Crippen LogP) is 3.86. The molecule has 3 aromatic carbocycles. The number of amides is 2. The number of hydroxylamine groups is 1. The zero-order valence-electron chi connectivity index (χ0n) is 18.3. The van der Waals surface area contributed by atoms with Crippen LogP contribution in [0.1, 0.15) is 17.2 Å². The molecule has 0 aliphatic carbocycles. The molecule has 0 radical (unpaired) electrons. The molecule has 0 bridgehead atoms. The third kappa shape index (κ3) is 3.58. The van der Waals surface area contributed by atoms with E-state index in [1.165, 1.54) is 41.5 Å². The second kappa shape index (κ2) is 8.29. The molecule has 0 N–H and O–H groups in total. The minimum absolute atomic E-state index is 0.104. The van der Waals surface area contributed by atoms with E-state index in [0.29, 0.717) is 11.3 Å². The molecule has 0 saturated carbocycles. The van der Waals surface area contributed by atoms with E-state index >= 15 is 0 Å². The van der Waals surface area contributed by atoms with E-state index in [2.05, 4.69) is 0 Å². The second-order valence-electron chi connectivity index (χ2n) is 8.24. The summed E-state index contributed by atoms with van der Waals surface area (Å²) >= 11 is 0. The molecule has 3 atom stereocenters. The van der Waals surface area contributed by atoms with E-state index in [4.69, 9.17) is 4.84 Å². The van der Waals surface area contributed by atoms with Crippen molar-refractivity contribution in [2.24, 2.45) is 5.92 Å². The SMILES string of the molecule is Cc1ccccc1N1OC2C(=O)N(c3ccc([N+](=O)[O-])cc3)C(=O)C2C1c1ccc([N+](=O)[O-])cc1. The first-order chi connectivity index (χ1) is 16.8. The normalized spacial score (nSPS) is 21.3. The Morgan fingerprint density at radius 2 is 1.37 bits per heavy atom. The first-order valence-corrected chi connectivity index (χ1v) is 10.7. The number of aryl methyl sites for hydroxylation is 1. The number of nitrogens with zero attached hydrogens (tertiary/aromatic N) is 4. The molecule has 2 aliphatic rings. The van der Waals surface area contributed by atoms with Gasteiger partial charge in [0.25, 0.3) is 17.3 Å². The highest BCUT2D eigenvalue weighted by molar-refractivity contribution is 6.24. The van der Waals surface area contributed by atoms with Gasteiger partial charge < -0.3 is 0 Å². The summed E-state index contributed by atoms with van der Waals surface area (Å²) in [6.45, 7) is 1.87. The minimum atomic E-state index is -1.13. The van der Waals surface area contributed by atoms with Crippen LogP contribution in [0.2, 0.25) is 0 Å². The number of non-ortho nitro benzene ring substituents is 2. The third-order valence-corrected chi connectivity index (χ3v) is 6.23. The van der Waals surface area contributed by atoms with Crippen LogP contribution in [0, 0.1) is 33.1 Å². The molecule has 11 nitrogen and oxygen atoms in total. The Balaban J connectivity index is 1.57. The average molecular weight is 474 g/mol. The number of hydrogen-bond donors (Lipinski definition) is 0.